The fourth-order valence-corrected chi connectivity index (χ4v) is 1.72. The molecule has 114 valence electrons. The summed E-state index contributed by atoms with van der Waals surface area (Å²) in [6, 6.07) is 3.98. The van der Waals surface area contributed by atoms with Crippen molar-refractivity contribution < 1.29 is 19.1 Å². The lowest BCUT2D eigenvalue weighted by molar-refractivity contribution is -0.122. The van der Waals surface area contributed by atoms with E-state index in [9.17, 15) is 14.4 Å². The van der Waals surface area contributed by atoms with E-state index in [2.05, 4.69) is 10.6 Å². The zero-order valence-electron chi connectivity index (χ0n) is 11.9. The Labute approximate surface area is 127 Å². The Hall–Kier alpha value is -2.08. The van der Waals surface area contributed by atoms with E-state index in [0.717, 1.165) is 0 Å². The van der Waals surface area contributed by atoms with Crippen molar-refractivity contribution in [2.45, 2.75) is 20.3 Å². The van der Waals surface area contributed by atoms with Crippen molar-refractivity contribution in [2.24, 2.45) is 0 Å². The minimum Gasteiger partial charge on any atom is -0.483 e. The Balaban J connectivity index is 2.69. The Morgan fingerprint density at radius 1 is 1.24 bits per heavy atom. The first kappa shape index (κ1) is 17.0. The van der Waals surface area contributed by atoms with Gasteiger partial charge in [0.25, 0.3) is 5.91 Å². The number of benzene rings is 1. The minimum absolute atomic E-state index is 0.142. The molecule has 0 aliphatic rings. The van der Waals surface area contributed by atoms with Crippen LogP contribution in [0.1, 0.15) is 30.6 Å². The highest BCUT2D eigenvalue weighted by molar-refractivity contribution is 6.31. The van der Waals surface area contributed by atoms with Crippen LogP contribution < -0.4 is 15.4 Å². The molecule has 6 nitrogen and oxygen atoms in total. The molecule has 0 saturated heterocycles. The van der Waals surface area contributed by atoms with Crippen LogP contribution in [0.3, 0.4) is 0 Å². The molecule has 7 heteroatoms. The standard InChI is InChI=1S/C14H17ClN2O4/c1-3-11(18)10-7-9(15)5-6-12(10)21-8-13(19)17-14(20)16-4-2/h5-7H,3-4,8H2,1-2H3,(H2,16,17,19,20). The van der Waals surface area contributed by atoms with E-state index in [1.165, 1.54) is 12.1 Å². The number of amides is 3. The van der Waals surface area contributed by atoms with Gasteiger partial charge in [0.05, 0.1) is 5.56 Å². The smallest absolute Gasteiger partial charge is 0.321 e. The molecule has 0 unspecified atom stereocenters. The second-order valence-electron chi connectivity index (χ2n) is 4.11. The largest absolute Gasteiger partial charge is 0.483 e. The molecule has 0 spiro atoms. The third-order valence-electron chi connectivity index (χ3n) is 2.51. The number of ketones is 1. The lowest BCUT2D eigenvalue weighted by Crippen LogP contribution is -2.41. The van der Waals surface area contributed by atoms with Crippen LogP contribution in [0, 0.1) is 0 Å². The summed E-state index contributed by atoms with van der Waals surface area (Å²) in [5.41, 5.74) is 0.316. The highest BCUT2D eigenvalue weighted by atomic mass is 35.5. The number of imide groups is 1. The van der Waals surface area contributed by atoms with Gasteiger partial charge in [0, 0.05) is 18.0 Å². The van der Waals surface area contributed by atoms with Gasteiger partial charge in [0.15, 0.2) is 12.4 Å². The molecule has 3 amide bonds. The molecular weight excluding hydrogens is 296 g/mol. The average Bonchev–Trinajstić information content (AvgIpc) is 2.45. The molecule has 0 bridgehead atoms. The molecule has 1 rings (SSSR count). The number of carbonyl (C=O) groups is 3. The summed E-state index contributed by atoms with van der Waals surface area (Å²) in [6.45, 7) is 3.49. The van der Waals surface area contributed by atoms with Crippen molar-refractivity contribution in [2.75, 3.05) is 13.2 Å². The van der Waals surface area contributed by atoms with Crippen molar-refractivity contribution in [3.8, 4) is 5.75 Å². The van der Waals surface area contributed by atoms with Gasteiger partial charge in [0.2, 0.25) is 0 Å². The number of rotatable bonds is 6. The number of carbonyl (C=O) groups excluding carboxylic acids is 3. The van der Waals surface area contributed by atoms with Crippen LogP contribution in [-0.4, -0.2) is 30.9 Å². The van der Waals surface area contributed by atoms with E-state index >= 15 is 0 Å². The van der Waals surface area contributed by atoms with Crippen LogP contribution in [0.15, 0.2) is 18.2 Å². The van der Waals surface area contributed by atoms with Crippen molar-refractivity contribution in [1.29, 1.82) is 0 Å². The van der Waals surface area contributed by atoms with Crippen LogP contribution >= 0.6 is 11.6 Å². The Bertz CT molecular complexity index is 546. The molecule has 0 aromatic heterocycles. The molecule has 0 aliphatic heterocycles. The number of halogens is 1. The number of nitrogens with one attached hydrogen (secondary N) is 2. The fraction of sp³-hybridized carbons (Fsp3) is 0.357. The van der Waals surface area contributed by atoms with Gasteiger partial charge in [-0.2, -0.15) is 0 Å². The summed E-state index contributed by atoms with van der Waals surface area (Å²) in [6.07, 6.45) is 0.293. The molecule has 0 radical (unpaired) electrons. The molecule has 0 atom stereocenters. The van der Waals surface area contributed by atoms with Crippen LogP contribution in [0.2, 0.25) is 5.02 Å². The molecule has 0 fully saturated rings. The molecule has 1 aromatic rings. The highest BCUT2D eigenvalue weighted by Gasteiger charge is 2.14. The lowest BCUT2D eigenvalue weighted by Gasteiger charge is -2.11. The molecule has 21 heavy (non-hydrogen) atoms. The predicted octanol–water partition coefficient (Wildman–Crippen LogP) is 2.16. The molecule has 0 heterocycles. The minimum atomic E-state index is -0.606. The topological polar surface area (TPSA) is 84.5 Å². The zero-order valence-corrected chi connectivity index (χ0v) is 12.6. The van der Waals surface area contributed by atoms with Gasteiger partial charge in [-0.3, -0.25) is 14.9 Å². The van der Waals surface area contributed by atoms with Crippen molar-refractivity contribution in [3.05, 3.63) is 28.8 Å². The van der Waals surface area contributed by atoms with Gasteiger partial charge in [-0.15, -0.1) is 0 Å². The van der Waals surface area contributed by atoms with Gasteiger partial charge in [-0.1, -0.05) is 18.5 Å². The quantitative estimate of drug-likeness (QED) is 0.788. The van der Waals surface area contributed by atoms with Crippen LogP contribution in [-0.2, 0) is 4.79 Å². The molecule has 1 aromatic carbocycles. The first-order valence-electron chi connectivity index (χ1n) is 6.51. The van der Waals surface area contributed by atoms with Crippen molar-refractivity contribution in [3.63, 3.8) is 0 Å². The summed E-state index contributed by atoms with van der Waals surface area (Å²) >= 11 is 5.84. The highest BCUT2D eigenvalue weighted by Crippen LogP contribution is 2.24. The zero-order chi connectivity index (χ0) is 15.8. The number of Topliss-reactive ketones (excluding diaryl/α,β-unsaturated/α-hetero) is 1. The van der Waals surface area contributed by atoms with E-state index in [1.54, 1.807) is 19.9 Å². The van der Waals surface area contributed by atoms with Crippen molar-refractivity contribution >= 4 is 29.3 Å². The summed E-state index contributed by atoms with van der Waals surface area (Å²) in [5.74, 6) is -0.486. The number of hydrogen-bond donors (Lipinski definition) is 2. The van der Waals surface area contributed by atoms with Gasteiger partial charge < -0.3 is 10.1 Å². The van der Waals surface area contributed by atoms with Gasteiger partial charge in [-0.05, 0) is 25.1 Å². The van der Waals surface area contributed by atoms with E-state index in [1.807, 2.05) is 0 Å². The normalized spacial score (nSPS) is 9.86. The first-order valence-corrected chi connectivity index (χ1v) is 6.89. The fourth-order valence-electron chi connectivity index (χ4n) is 1.55. The maximum Gasteiger partial charge on any atom is 0.321 e. The molecule has 2 N–H and O–H groups in total. The summed E-state index contributed by atoms with van der Waals surface area (Å²) < 4.78 is 5.28. The summed E-state index contributed by atoms with van der Waals surface area (Å²) in [5, 5.41) is 4.93. The second kappa shape index (κ2) is 8.26. The third kappa shape index (κ3) is 5.43. The maximum absolute atomic E-state index is 11.8. The van der Waals surface area contributed by atoms with Crippen LogP contribution in [0.25, 0.3) is 0 Å². The Kier molecular flexibility index (Phi) is 6.68. The number of urea groups is 1. The summed E-state index contributed by atoms with van der Waals surface area (Å²) in [7, 11) is 0. The number of hydrogen-bond acceptors (Lipinski definition) is 4. The van der Waals surface area contributed by atoms with E-state index in [0.29, 0.717) is 23.6 Å². The summed E-state index contributed by atoms with van der Waals surface area (Å²) in [4.78, 5) is 34.5. The van der Waals surface area contributed by atoms with Gasteiger partial charge in [-0.25, -0.2) is 4.79 Å². The first-order chi connectivity index (χ1) is 9.97. The Morgan fingerprint density at radius 3 is 2.57 bits per heavy atom. The van der Waals surface area contributed by atoms with E-state index in [4.69, 9.17) is 16.3 Å². The van der Waals surface area contributed by atoms with Crippen LogP contribution in [0.4, 0.5) is 4.79 Å². The van der Waals surface area contributed by atoms with Crippen LogP contribution in [0.5, 0.6) is 5.75 Å². The second-order valence-corrected chi connectivity index (χ2v) is 4.55. The van der Waals surface area contributed by atoms with E-state index < -0.39 is 11.9 Å². The average molecular weight is 313 g/mol. The Morgan fingerprint density at radius 2 is 1.95 bits per heavy atom. The SMILES string of the molecule is CCNC(=O)NC(=O)COc1ccc(Cl)cc1C(=O)CC. The van der Waals surface area contributed by atoms with Gasteiger partial charge >= 0.3 is 6.03 Å². The van der Waals surface area contributed by atoms with Crippen molar-refractivity contribution in [1.82, 2.24) is 10.6 Å². The number of ether oxygens (including phenoxy) is 1. The van der Waals surface area contributed by atoms with E-state index in [-0.39, 0.29) is 18.1 Å². The molecule has 0 aliphatic carbocycles. The lowest BCUT2D eigenvalue weighted by atomic mass is 10.1. The predicted molar refractivity (Wildman–Crippen MR) is 78.8 cm³/mol. The molecular formula is C14H17ClN2O4. The van der Waals surface area contributed by atoms with Gasteiger partial charge in [0.1, 0.15) is 5.75 Å². The maximum atomic E-state index is 11.8. The third-order valence-corrected chi connectivity index (χ3v) is 2.75. The monoisotopic (exact) mass is 312 g/mol. The molecule has 0 saturated carbocycles.